The van der Waals surface area contributed by atoms with Crippen molar-refractivity contribution in [3.63, 3.8) is 0 Å². The zero-order valence-electron chi connectivity index (χ0n) is 13.5. The lowest BCUT2D eigenvalue weighted by molar-refractivity contribution is -0.605. The molecule has 0 spiro atoms. The van der Waals surface area contributed by atoms with Gasteiger partial charge in [0.15, 0.2) is 12.4 Å². The Kier molecular flexibility index (Phi) is 4.96. The lowest BCUT2D eigenvalue weighted by Crippen LogP contribution is -2.25. The van der Waals surface area contributed by atoms with E-state index in [4.69, 9.17) is 9.47 Å². The molecule has 0 bridgehead atoms. The van der Waals surface area contributed by atoms with Crippen LogP contribution in [0, 0.1) is 12.1 Å². The summed E-state index contributed by atoms with van der Waals surface area (Å²) in [5.74, 6) is 0.329. The molecule has 6 heteroatoms. The van der Waals surface area contributed by atoms with Crippen molar-refractivity contribution in [3.05, 3.63) is 59.1 Å². The van der Waals surface area contributed by atoms with Crippen LogP contribution in [-0.4, -0.2) is 25.2 Å². The predicted octanol–water partition coefficient (Wildman–Crippen LogP) is 2.44. The van der Waals surface area contributed by atoms with Crippen LogP contribution in [-0.2, 0) is 4.74 Å². The minimum Gasteiger partial charge on any atom is -0.619 e. The van der Waals surface area contributed by atoms with Crippen molar-refractivity contribution in [2.75, 3.05) is 18.5 Å². The number of carbonyl (C=O) groups excluding carboxylic acids is 1. The van der Waals surface area contributed by atoms with E-state index in [-0.39, 0.29) is 12.0 Å². The van der Waals surface area contributed by atoms with Gasteiger partial charge in [0.1, 0.15) is 12.4 Å². The fourth-order valence-corrected chi connectivity index (χ4v) is 2.57. The summed E-state index contributed by atoms with van der Waals surface area (Å²) in [5.41, 5.74) is 2.05. The normalized spacial score (nSPS) is 16.8. The zero-order chi connectivity index (χ0) is 16.9. The number of hydrogen-bond acceptors (Lipinski definition) is 4. The Morgan fingerprint density at radius 3 is 2.88 bits per heavy atom. The van der Waals surface area contributed by atoms with E-state index in [9.17, 15) is 10.0 Å². The highest BCUT2D eigenvalue weighted by molar-refractivity contribution is 6.04. The third kappa shape index (κ3) is 4.02. The topological polar surface area (TPSA) is 74.5 Å². The smallest absolute Gasteiger partial charge is 0.256 e. The van der Waals surface area contributed by atoms with Crippen LogP contribution in [0.5, 0.6) is 5.75 Å². The van der Waals surface area contributed by atoms with Crippen LogP contribution in [0.3, 0.4) is 0 Å². The summed E-state index contributed by atoms with van der Waals surface area (Å²) >= 11 is 0. The number of pyridine rings is 1. The van der Waals surface area contributed by atoms with Gasteiger partial charge in [0.2, 0.25) is 0 Å². The SMILES string of the molecule is Cc1ccc(NC(=O)c2cc[n+]([O-])cc2)c(OC[C@H]2CCCO2)c1. The second-order valence-electron chi connectivity index (χ2n) is 5.85. The average molecular weight is 328 g/mol. The van der Waals surface area contributed by atoms with Crippen molar-refractivity contribution < 1.29 is 19.0 Å². The van der Waals surface area contributed by atoms with Crippen LogP contribution >= 0.6 is 0 Å². The summed E-state index contributed by atoms with van der Waals surface area (Å²) in [5, 5.41) is 13.9. The molecule has 6 nitrogen and oxygen atoms in total. The van der Waals surface area contributed by atoms with Gasteiger partial charge in [0, 0.05) is 18.7 Å². The fourth-order valence-electron chi connectivity index (χ4n) is 2.57. The summed E-state index contributed by atoms with van der Waals surface area (Å²) in [6, 6.07) is 8.56. The first-order valence-electron chi connectivity index (χ1n) is 7.97. The molecule has 0 radical (unpaired) electrons. The predicted molar refractivity (Wildman–Crippen MR) is 89.0 cm³/mol. The standard InChI is InChI=1S/C18H20N2O4/c1-13-4-5-16(17(11-13)24-12-15-3-2-10-23-15)19-18(21)14-6-8-20(22)9-7-14/h4-9,11,15H,2-3,10,12H2,1H3,(H,19,21)/t15-/m1/s1. The molecule has 24 heavy (non-hydrogen) atoms. The molecule has 1 saturated heterocycles. The molecule has 1 aromatic carbocycles. The molecule has 0 aliphatic carbocycles. The van der Waals surface area contributed by atoms with E-state index < -0.39 is 0 Å². The number of aromatic nitrogens is 1. The Morgan fingerprint density at radius 2 is 2.17 bits per heavy atom. The largest absolute Gasteiger partial charge is 0.619 e. The monoisotopic (exact) mass is 328 g/mol. The van der Waals surface area contributed by atoms with Gasteiger partial charge in [-0.05, 0) is 37.5 Å². The number of anilines is 1. The molecule has 1 fully saturated rings. The van der Waals surface area contributed by atoms with Gasteiger partial charge >= 0.3 is 0 Å². The van der Waals surface area contributed by atoms with Crippen molar-refractivity contribution in [2.24, 2.45) is 0 Å². The van der Waals surface area contributed by atoms with Gasteiger partial charge < -0.3 is 20.0 Å². The van der Waals surface area contributed by atoms with Crippen LogP contribution in [0.4, 0.5) is 5.69 Å². The number of hydrogen-bond donors (Lipinski definition) is 1. The lowest BCUT2D eigenvalue weighted by Gasteiger charge is -2.16. The van der Waals surface area contributed by atoms with Crippen LogP contribution in [0.25, 0.3) is 0 Å². The molecule has 1 atom stereocenters. The average Bonchev–Trinajstić information content (AvgIpc) is 3.09. The van der Waals surface area contributed by atoms with Gasteiger partial charge in [-0.3, -0.25) is 4.79 Å². The maximum absolute atomic E-state index is 12.3. The number of amides is 1. The molecule has 1 aliphatic rings. The number of rotatable bonds is 5. The molecule has 3 rings (SSSR count). The Balaban J connectivity index is 1.71. The van der Waals surface area contributed by atoms with E-state index in [1.807, 2.05) is 25.1 Å². The Morgan fingerprint density at radius 1 is 1.38 bits per heavy atom. The molecular formula is C18H20N2O4. The van der Waals surface area contributed by atoms with E-state index in [0.717, 1.165) is 25.0 Å². The molecule has 0 unspecified atom stereocenters. The van der Waals surface area contributed by atoms with E-state index in [0.29, 0.717) is 28.3 Å². The number of nitrogens with zero attached hydrogens (tertiary/aromatic N) is 1. The van der Waals surface area contributed by atoms with Gasteiger partial charge in [0.05, 0.1) is 17.4 Å². The number of benzene rings is 1. The van der Waals surface area contributed by atoms with Crippen LogP contribution < -0.4 is 14.8 Å². The lowest BCUT2D eigenvalue weighted by atomic mass is 10.2. The quantitative estimate of drug-likeness (QED) is 0.676. The van der Waals surface area contributed by atoms with Crippen LogP contribution in [0.15, 0.2) is 42.7 Å². The second kappa shape index (κ2) is 7.31. The third-order valence-corrected chi connectivity index (χ3v) is 3.90. The number of nitrogens with one attached hydrogen (secondary N) is 1. The van der Waals surface area contributed by atoms with Gasteiger partial charge in [-0.1, -0.05) is 6.07 Å². The summed E-state index contributed by atoms with van der Waals surface area (Å²) in [6.07, 6.45) is 4.74. The third-order valence-electron chi connectivity index (χ3n) is 3.90. The molecule has 0 saturated carbocycles. The molecule has 1 N–H and O–H groups in total. The molecule has 1 amide bonds. The van der Waals surface area contributed by atoms with Gasteiger partial charge in [-0.2, -0.15) is 4.73 Å². The highest BCUT2D eigenvalue weighted by Gasteiger charge is 2.17. The number of carbonyl (C=O) groups is 1. The van der Waals surface area contributed by atoms with Crippen LogP contribution in [0.1, 0.15) is 28.8 Å². The molecule has 1 aromatic heterocycles. The minimum absolute atomic E-state index is 0.107. The molecule has 1 aliphatic heterocycles. The first-order valence-corrected chi connectivity index (χ1v) is 7.97. The van der Waals surface area contributed by atoms with E-state index in [1.165, 1.54) is 24.5 Å². The first kappa shape index (κ1) is 16.3. The van der Waals surface area contributed by atoms with Crippen molar-refractivity contribution in [1.82, 2.24) is 0 Å². The van der Waals surface area contributed by atoms with E-state index in [2.05, 4.69) is 5.32 Å². The maximum atomic E-state index is 12.3. The van der Waals surface area contributed by atoms with Gasteiger partial charge in [-0.15, -0.1) is 0 Å². The Labute approximate surface area is 140 Å². The van der Waals surface area contributed by atoms with Crippen molar-refractivity contribution >= 4 is 11.6 Å². The van der Waals surface area contributed by atoms with E-state index >= 15 is 0 Å². The van der Waals surface area contributed by atoms with Crippen LogP contribution in [0.2, 0.25) is 0 Å². The maximum Gasteiger partial charge on any atom is 0.256 e. The van der Waals surface area contributed by atoms with Crippen molar-refractivity contribution in [3.8, 4) is 5.75 Å². The summed E-state index contributed by atoms with van der Waals surface area (Å²) in [6.45, 7) is 3.21. The van der Waals surface area contributed by atoms with Crippen molar-refractivity contribution in [2.45, 2.75) is 25.9 Å². The summed E-state index contributed by atoms with van der Waals surface area (Å²) in [4.78, 5) is 12.3. The Hall–Kier alpha value is -2.60. The highest BCUT2D eigenvalue weighted by atomic mass is 16.5. The highest BCUT2D eigenvalue weighted by Crippen LogP contribution is 2.27. The van der Waals surface area contributed by atoms with Gasteiger partial charge in [-0.25, -0.2) is 0 Å². The number of ether oxygens (including phenoxy) is 2. The number of aryl methyl sites for hydroxylation is 1. The van der Waals surface area contributed by atoms with Crippen molar-refractivity contribution in [1.29, 1.82) is 0 Å². The zero-order valence-corrected chi connectivity index (χ0v) is 13.5. The fraction of sp³-hybridized carbons (Fsp3) is 0.333. The second-order valence-corrected chi connectivity index (χ2v) is 5.85. The molecule has 2 heterocycles. The molecule has 2 aromatic rings. The molecule has 126 valence electrons. The summed E-state index contributed by atoms with van der Waals surface area (Å²) in [7, 11) is 0. The summed E-state index contributed by atoms with van der Waals surface area (Å²) < 4.78 is 12.1. The minimum atomic E-state index is -0.290. The van der Waals surface area contributed by atoms with Gasteiger partial charge in [0.25, 0.3) is 5.91 Å². The first-order chi connectivity index (χ1) is 11.6. The van der Waals surface area contributed by atoms with E-state index in [1.54, 1.807) is 0 Å². The molecular weight excluding hydrogens is 308 g/mol. The Bertz CT molecular complexity index is 709.